The predicted molar refractivity (Wildman–Crippen MR) is 89.6 cm³/mol. The Kier molecular flexibility index (Phi) is 6.26. The quantitative estimate of drug-likeness (QED) is 0.819. The van der Waals surface area contributed by atoms with Crippen molar-refractivity contribution in [1.82, 2.24) is 9.62 Å². The molecular weight excluding hydrogens is 316 g/mol. The van der Waals surface area contributed by atoms with Crippen molar-refractivity contribution < 1.29 is 17.9 Å². The average Bonchev–Trinajstić information content (AvgIpc) is 2.57. The first kappa shape index (κ1) is 18.0. The monoisotopic (exact) mass is 342 g/mol. The van der Waals surface area contributed by atoms with Gasteiger partial charge in [0.25, 0.3) is 0 Å². The minimum atomic E-state index is -3.52. The van der Waals surface area contributed by atoms with Crippen LogP contribution in [0.2, 0.25) is 0 Å². The van der Waals surface area contributed by atoms with E-state index in [1.54, 1.807) is 22.5 Å². The Balaban J connectivity index is 2.30. The molecule has 23 heavy (non-hydrogen) atoms. The van der Waals surface area contributed by atoms with Crippen LogP contribution >= 0.6 is 0 Å². The van der Waals surface area contributed by atoms with Gasteiger partial charge >= 0.3 is 0 Å². The van der Waals surface area contributed by atoms with Crippen LogP contribution in [0.3, 0.4) is 0 Å². The summed E-state index contributed by atoms with van der Waals surface area (Å²) in [6.07, 6.45) is 1.86. The van der Waals surface area contributed by atoms with Crippen molar-refractivity contribution >= 4 is 10.0 Å². The van der Waals surface area contributed by atoms with Gasteiger partial charge in [0, 0.05) is 25.2 Å². The molecule has 1 N–H and O–H groups in total. The van der Waals surface area contributed by atoms with Crippen LogP contribution in [-0.2, 0) is 10.0 Å². The van der Waals surface area contributed by atoms with Gasteiger partial charge in [-0.2, -0.15) is 4.31 Å². The maximum absolute atomic E-state index is 12.9. The van der Waals surface area contributed by atoms with Crippen molar-refractivity contribution in [2.24, 2.45) is 0 Å². The number of rotatable bonds is 7. The minimum absolute atomic E-state index is 0.201. The van der Waals surface area contributed by atoms with E-state index in [4.69, 9.17) is 9.47 Å². The number of nitrogens with zero attached hydrogens (tertiary/aromatic N) is 1. The van der Waals surface area contributed by atoms with Crippen LogP contribution in [0.4, 0.5) is 0 Å². The second-order valence-electron chi connectivity index (χ2n) is 5.47. The summed E-state index contributed by atoms with van der Waals surface area (Å²) >= 11 is 0. The molecule has 1 fully saturated rings. The molecule has 0 spiro atoms. The second kappa shape index (κ2) is 7.99. The summed E-state index contributed by atoms with van der Waals surface area (Å²) in [5, 5.41) is 3.16. The fourth-order valence-corrected chi connectivity index (χ4v) is 4.28. The van der Waals surface area contributed by atoms with Crippen molar-refractivity contribution in [2.45, 2.75) is 37.6 Å². The van der Waals surface area contributed by atoms with Gasteiger partial charge in [0.05, 0.1) is 18.1 Å². The van der Waals surface area contributed by atoms with Crippen LogP contribution in [0.5, 0.6) is 11.5 Å². The van der Waals surface area contributed by atoms with E-state index in [9.17, 15) is 8.42 Å². The molecule has 130 valence electrons. The molecule has 0 radical (unpaired) electrons. The SMILES string of the molecule is CCOc1ccc(S(=O)(=O)N2CCC[C@H](NC)C2)cc1OCC. The zero-order valence-corrected chi connectivity index (χ0v) is 14.9. The first-order valence-electron chi connectivity index (χ1n) is 8.10. The number of hydrogen-bond donors (Lipinski definition) is 1. The molecule has 6 nitrogen and oxygen atoms in total. The van der Waals surface area contributed by atoms with Crippen LogP contribution < -0.4 is 14.8 Å². The Morgan fingerprint density at radius 1 is 1.22 bits per heavy atom. The fraction of sp³-hybridized carbons (Fsp3) is 0.625. The highest BCUT2D eigenvalue weighted by atomic mass is 32.2. The number of ether oxygens (including phenoxy) is 2. The molecule has 1 aromatic carbocycles. The Hall–Kier alpha value is -1.31. The summed E-state index contributed by atoms with van der Waals surface area (Å²) < 4.78 is 38.3. The van der Waals surface area contributed by atoms with E-state index < -0.39 is 10.0 Å². The Morgan fingerprint density at radius 3 is 2.57 bits per heavy atom. The Labute approximate surface area is 138 Å². The fourth-order valence-electron chi connectivity index (χ4n) is 2.74. The maximum atomic E-state index is 12.9. The van der Waals surface area contributed by atoms with Crippen molar-refractivity contribution in [3.63, 3.8) is 0 Å². The highest BCUT2D eigenvalue weighted by molar-refractivity contribution is 7.89. The summed E-state index contributed by atoms with van der Waals surface area (Å²) in [6.45, 7) is 5.75. The summed E-state index contributed by atoms with van der Waals surface area (Å²) in [7, 11) is -1.65. The zero-order valence-electron chi connectivity index (χ0n) is 14.0. The lowest BCUT2D eigenvalue weighted by Crippen LogP contribution is -2.46. The van der Waals surface area contributed by atoms with Gasteiger partial charge in [-0.25, -0.2) is 8.42 Å². The number of hydrogen-bond acceptors (Lipinski definition) is 5. The third-order valence-corrected chi connectivity index (χ3v) is 5.81. The van der Waals surface area contributed by atoms with Gasteiger partial charge in [-0.3, -0.25) is 0 Å². The second-order valence-corrected chi connectivity index (χ2v) is 7.40. The van der Waals surface area contributed by atoms with Crippen LogP contribution in [-0.4, -0.2) is 52.1 Å². The molecule has 1 aromatic rings. The summed E-state index contributed by atoms with van der Waals surface area (Å²) in [4.78, 5) is 0.251. The van der Waals surface area contributed by atoms with E-state index in [1.807, 2.05) is 20.9 Å². The molecule has 1 aliphatic heterocycles. The maximum Gasteiger partial charge on any atom is 0.243 e. The summed E-state index contributed by atoms with van der Waals surface area (Å²) in [5.41, 5.74) is 0. The van der Waals surface area contributed by atoms with Crippen molar-refractivity contribution in [3.05, 3.63) is 18.2 Å². The van der Waals surface area contributed by atoms with Crippen molar-refractivity contribution in [2.75, 3.05) is 33.4 Å². The van der Waals surface area contributed by atoms with Crippen LogP contribution in [0.15, 0.2) is 23.1 Å². The van der Waals surface area contributed by atoms with Gasteiger partial charge in [-0.05, 0) is 45.9 Å². The topological polar surface area (TPSA) is 67.9 Å². The van der Waals surface area contributed by atoms with Gasteiger partial charge in [-0.1, -0.05) is 0 Å². The average molecular weight is 342 g/mol. The third-order valence-electron chi connectivity index (χ3n) is 3.95. The molecule has 1 atom stereocenters. The molecule has 0 aromatic heterocycles. The number of benzene rings is 1. The Bertz CT molecular complexity index is 619. The van der Waals surface area contributed by atoms with Gasteiger partial charge in [0.15, 0.2) is 11.5 Å². The van der Waals surface area contributed by atoms with Gasteiger partial charge in [0.1, 0.15) is 0 Å². The number of piperidine rings is 1. The molecule has 1 saturated heterocycles. The zero-order chi connectivity index (χ0) is 16.9. The number of likely N-dealkylation sites (N-methyl/N-ethyl adjacent to an activating group) is 1. The van der Waals surface area contributed by atoms with Gasteiger partial charge < -0.3 is 14.8 Å². The lowest BCUT2D eigenvalue weighted by molar-refractivity contribution is 0.285. The summed E-state index contributed by atoms with van der Waals surface area (Å²) in [6, 6.07) is 5.02. The summed E-state index contributed by atoms with van der Waals surface area (Å²) in [5.74, 6) is 1.04. The highest BCUT2D eigenvalue weighted by Crippen LogP contribution is 2.32. The van der Waals surface area contributed by atoms with Gasteiger partial charge in [0.2, 0.25) is 10.0 Å². The van der Waals surface area contributed by atoms with E-state index in [0.29, 0.717) is 37.8 Å². The molecule has 0 aliphatic carbocycles. The highest BCUT2D eigenvalue weighted by Gasteiger charge is 2.30. The van der Waals surface area contributed by atoms with Crippen molar-refractivity contribution in [1.29, 1.82) is 0 Å². The van der Waals surface area contributed by atoms with E-state index >= 15 is 0 Å². The third kappa shape index (κ3) is 4.16. The lowest BCUT2D eigenvalue weighted by atomic mass is 10.1. The van der Waals surface area contributed by atoms with Crippen molar-refractivity contribution in [3.8, 4) is 11.5 Å². The lowest BCUT2D eigenvalue weighted by Gasteiger charge is -2.31. The molecule has 0 amide bonds. The Morgan fingerprint density at radius 2 is 1.91 bits per heavy atom. The molecule has 0 unspecified atom stereocenters. The molecule has 1 heterocycles. The smallest absolute Gasteiger partial charge is 0.243 e. The number of nitrogens with one attached hydrogen (secondary N) is 1. The van der Waals surface area contributed by atoms with E-state index in [-0.39, 0.29) is 10.9 Å². The largest absolute Gasteiger partial charge is 0.490 e. The molecule has 1 aliphatic rings. The predicted octanol–water partition coefficient (Wildman–Crippen LogP) is 1.86. The number of sulfonamides is 1. The van der Waals surface area contributed by atoms with E-state index in [0.717, 1.165) is 12.8 Å². The first-order chi connectivity index (χ1) is 11.0. The molecule has 2 rings (SSSR count). The van der Waals surface area contributed by atoms with Crippen LogP contribution in [0.25, 0.3) is 0 Å². The normalized spacial score (nSPS) is 19.5. The molecule has 0 bridgehead atoms. The minimum Gasteiger partial charge on any atom is -0.490 e. The first-order valence-corrected chi connectivity index (χ1v) is 9.54. The molecule has 7 heteroatoms. The van der Waals surface area contributed by atoms with Crippen LogP contribution in [0.1, 0.15) is 26.7 Å². The van der Waals surface area contributed by atoms with E-state index in [1.165, 1.54) is 0 Å². The van der Waals surface area contributed by atoms with Gasteiger partial charge in [-0.15, -0.1) is 0 Å². The molecule has 0 saturated carbocycles. The standard InChI is InChI=1S/C16H26N2O4S/c1-4-21-15-9-8-14(11-16(15)22-5-2)23(19,20)18-10-6-7-13(12-18)17-3/h8-9,11,13,17H,4-7,10,12H2,1-3H3/t13-/m0/s1. The van der Waals surface area contributed by atoms with E-state index in [2.05, 4.69) is 5.32 Å². The molecular formula is C16H26N2O4S. The van der Waals surface area contributed by atoms with Crippen LogP contribution in [0, 0.1) is 0 Å².